The van der Waals surface area contributed by atoms with Crippen molar-refractivity contribution in [3.8, 4) is 0 Å². The molecule has 1 N–H and O–H groups in total. The van der Waals surface area contributed by atoms with E-state index in [0.717, 1.165) is 10.3 Å². The first-order valence-electron chi connectivity index (χ1n) is 8.99. The van der Waals surface area contributed by atoms with E-state index in [1.807, 2.05) is 24.3 Å². The van der Waals surface area contributed by atoms with Gasteiger partial charge in [-0.25, -0.2) is 4.90 Å². The first-order valence-corrected chi connectivity index (χ1v) is 8.99. The number of carbonyl (C=O) groups excluding carboxylic acids is 3. The van der Waals surface area contributed by atoms with Crippen LogP contribution in [0.3, 0.4) is 0 Å². The third kappa shape index (κ3) is 2.78. The summed E-state index contributed by atoms with van der Waals surface area (Å²) in [7, 11) is 0. The first-order chi connectivity index (χ1) is 14.1. The lowest BCUT2D eigenvalue weighted by atomic mass is 10.1. The van der Waals surface area contributed by atoms with Crippen molar-refractivity contribution in [3.05, 3.63) is 95.7 Å². The van der Waals surface area contributed by atoms with E-state index >= 15 is 0 Å². The molecule has 3 amide bonds. The van der Waals surface area contributed by atoms with E-state index in [0.29, 0.717) is 22.5 Å². The number of amides is 3. The number of imide groups is 1. The van der Waals surface area contributed by atoms with Gasteiger partial charge in [0.15, 0.2) is 5.76 Å². The summed E-state index contributed by atoms with van der Waals surface area (Å²) >= 11 is 0. The lowest BCUT2D eigenvalue weighted by Gasteiger charge is -2.13. The Kier molecular flexibility index (Phi) is 3.77. The number of para-hydroxylation sites is 2. The molecule has 6 heteroatoms. The van der Waals surface area contributed by atoms with Crippen LogP contribution in [-0.2, 0) is 0 Å². The highest BCUT2D eigenvalue weighted by molar-refractivity contribution is 6.34. The standard InChI is InChI=1S/C23H14N2O4/c26-21(20-12-14-6-4-5-9-19(14)29-20)24-15-10-11-17-18(13-15)23(28)25(22(17)27)16-7-2-1-3-8-16/h1-13H,(H,24,26). The van der Waals surface area contributed by atoms with Gasteiger partial charge in [0.25, 0.3) is 17.7 Å². The zero-order chi connectivity index (χ0) is 20.0. The molecule has 0 unspecified atom stereocenters. The molecule has 0 bridgehead atoms. The summed E-state index contributed by atoms with van der Waals surface area (Å²) in [5, 5.41) is 3.55. The second-order valence-electron chi connectivity index (χ2n) is 6.64. The third-order valence-electron chi connectivity index (χ3n) is 4.81. The maximum Gasteiger partial charge on any atom is 0.291 e. The van der Waals surface area contributed by atoms with Crippen LogP contribution in [0.4, 0.5) is 11.4 Å². The van der Waals surface area contributed by atoms with E-state index < -0.39 is 11.8 Å². The molecular weight excluding hydrogens is 368 g/mol. The maximum absolute atomic E-state index is 12.8. The molecule has 4 aromatic rings. The van der Waals surface area contributed by atoms with Gasteiger partial charge in [0, 0.05) is 11.1 Å². The Labute approximate surface area is 165 Å². The van der Waals surface area contributed by atoms with Gasteiger partial charge in [-0.2, -0.15) is 0 Å². The molecule has 5 rings (SSSR count). The van der Waals surface area contributed by atoms with Gasteiger partial charge in [-0.15, -0.1) is 0 Å². The molecule has 2 heterocycles. The van der Waals surface area contributed by atoms with Crippen molar-refractivity contribution < 1.29 is 18.8 Å². The molecule has 0 fully saturated rings. The molecule has 0 atom stereocenters. The molecule has 0 radical (unpaired) electrons. The average molecular weight is 382 g/mol. The van der Waals surface area contributed by atoms with E-state index in [1.165, 1.54) is 6.07 Å². The maximum atomic E-state index is 12.8. The van der Waals surface area contributed by atoms with Crippen molar-refractivity contribution in [1.82, 2.24) is 0 Å². The predicted molar refractivity (Wildman–Crippen MR) is 108 cm³/mol. The smallest absolute Gasteiger partial charge is 0.291 e. The van der Waals surface area contributed by atoms with Crippen LogP contribution in [0.2, 0.25) is 0 Å². The van der Waals surface area contributed by atoms with Crippen molar-refractivity contribution in [3.63, 3.8) is 0 Å². The van der Waals surface area contributed by atoms with E-state index in [-0.39, 0.29) is 17.2 Å². The number of benzene rings is 3. The van der Waals surface area contributed by atoms with Gasteiger partial charge in [-0.05, 0) is 42.5 Å². The Bertz CT molecular complexity index is 1260. The quantitative estimate of drug-likeness (QED) is 0.530. The lowest BCUT2D eigenvalue weighted by molar-refractivity contribution is 0.0924. The van der Waals surface area contributed by atoms with Crippen LogP contribution >= 0.6 is 0 Å². The van der Waals surface area contributed by atoms with Gasteiger partial charge in [-0.1, -0.05) is 36.4 Å². The summed E-state index contributed by atoms with van der Waals surface area (Å²) in [6, 6.07) is 22.4. The number of fused-ring (bicyclic) bond motifs is 2. The molecule has 1 aliphatic rings. The van der Waals surface area contributed by atoms with Gasteiger partial charge in [0.2, 0.25) is 0 Å². The average Bonchev–Trinajstić information content (AvgIpc) is 3.28. The Hall–Kier alpha value is -4.19. The number of furan rings is 1. The number of anilines is 2. The highest BCUT2D eigenvalue weighted by atomic mass is 16.3. The van der Waals surface area contributed by atoms with Gasteiger partial charge in [-0.3, -0.25) is 14.4 Å². The summed E-state index contributed by atoms with van der Waals surface area (Å²) in [6.45, 7) is 0. The molecule has 0 spiro atoms. The monoisotopic (exact) mass is 382 g/mol. The van der Waals surface area contributed by atoms with Crippen molar-refractivity contribution in [2.24, 2.45) is 0 Å². The van der Waals surface area contributed by atoms with Crippen LogP contribution in [0.1, 0.15) is 31.3 Å². The number of carbonyl (C=O) groups is 3. The molecule has 6 nitrogen and oxygen atoms in total. The summed E-state index contributed by atoms with van der Waals surface area (Å²) in [4.78, 5) is 39.2. The Morgan fingerprint density at radius 3 is 2.31 bits per heavy atom. The Morgan fingerprint density at radius 1 is 0.793 bits per heavy atom. The van der Waals surface area contributed by atoms with E-state index in [9.17, 15) is 14.4 Å². The van der Waals surface area contributed by atoms with Crippen LogP contribution in [0.5, 0.6) is 0 Å². The summed E-state index contributed by atoms with van der Waals surface area (Å²) in [5.41, 5.74) is 2.09. The fraction of sp³-hybridized carbons (Fsp3) is 0. The molecule has 0 saturated carbocycles. The Morgan fingerprint density at radius 2 is 1.52 bits per heavy atom. The van der Waals surface area contributed by atoms with Crippen LogP contribution in [0, 0.1) is 0 Å². The fourth-order valence-electron chi connectivity index (χ4n) is 3.42. The fourth-order valence-corrected chi connectivity index (χ4v) is 3.42. The number of hydrogen-bond donors (Lipinski definition) is 1. The summed E-state index contributed by atoms with van der Waals surface area (Å²) < 4.78 is 5.57. The van der Waals surface area contributed by atoms with Crippen molar-refractivity contribution >= 4 is 40.1 Å². The number of nitrogens with one attached hydrogen (secondary N) is 1. The lowest BCUT2D eigenvalue weighted by Crippen LogP contribution is -2.29. The molecule has 29 heavy (non-hydrogen) atoms. The van der Waals surface area contributed by atoms with Crippen LogP contribution in [-0.4, -0.2) is 17.7 Å². The molecule has 0 saturated heterocycles. The molecule has 0 aliphatic carbocycles. The van der Waals surface area contributed by atoms with Crippen LogP contribution < -0.4 is 10.2 Å². The minimum Gasteiger partial charge on any atom is -0.451 e. The van der Waals surface area contributed by atoms with E-state index in [2.05, 4.69) is 5.32 Å². The van der Waals surface area contributed by atoms with Gasteiger partial charge >= 0.3 is 0 Å². The largest absolute Gasteiger partial charge is 0.451 e. The minimum absolute atomic E-state index is 0.167. The summed E-state index contributed by atoms with van der Waals surface area (Å²) in [6.07, 6.45) is 0. The van der Waals surface area contributed by atoms with E-state index in [1.54, 1.807) is 48.5 Å². The van der Waals surface area contributed by atoms with Gasteiger partial charge in [0.1, 0.15) is 5.58 Å². The summed E-state index contributed by atoms with van der Waals surface area (Å²) in [5.74, 6) is -1.07. The topological polar surface area (TPSA) is 79.6 Å². The Balaban J connectivity index is 1.43. The first kappa shape index (κ1) is 16.9. The highest BCUT2D eigenvalue weighted by Gasteiger charge is 2.36. The zero-order valence-electron chi connectivity index (χ0n) is 15.1. The molecule has 3 aromatic carbocycles. The van der Waals surface area contributed by atoms with Gasteiger partial charge in [0.05, 0.1) is 16.8 Å². The molecule has 1 aromatic heterocycles. The van der Waals surface area contributed by atoms with Crippen molar-refractivity contribution in [1.29, 1.82) is 0 Å². The molecule has 1 aliphatic heterocycles. The van der Waals surface area contributed by atoms with Gasteiger partial charge < -0.3 is 9.73 Å². The van der Waals surface area contributed by atoms with E-state index in [4.69, 9.17) is 4.42 Å². The van der Waals surface area contributed by atoms with Crippen molar-refractivity contribution in [2.75, 3.05) is 10.2 Å². The zero-order valence-corrected chi connectivity index (χ0v) is 15.1. The highest BCUT2D eigenvalue weighted by Crippen LogP contribution is 2.30. The molecule has 140 valence electrons. The minimum atomic E-state index is -0.433. The number of rotatable bonds is 3. The molecular formula is C23H14N2O4. The normalized spacial score (nSPS) is 13.0. The SMILES string of the molecule is O=C(Nc1ccc2c(c1)C(=O)N(c1ccccc1)C2=O)c1cc2ccccc2o1. The van der Waals surface area contributed by atoms with Crippen LogP contribution in [0.15, 0.2) is 83.3 Å². The second kappa shape index (κ2) is 6.45. The number of nitrogens with zero attached hydrogens (tertiary/aromatic N) is 1. The second-order valence-corrected chi connectivity index (χ2v) is 6.64. The predicted octanol–water partition coefficient (Wildman–Crippen LogP) is 4.49. The number of hydrogen-bond acceptors (Lipinski definition) is 4. The van der Waals surface area contributed by atoms with Crippen molar-refractivity contribution in [2.45, 2.75) is 0 Å². The third-order valence-corrected chi connectivity index (χ3v) is 4.81. The van der Waals surface area contributed by atoms with Crippen LogP contribution in [0.25, 0.3) is 11.0 Å².